The molecule has 0 fully saturated rings. The average molecular weight is 412 g/mol. The average Bonchev–Trinajstić information content (AvgIpc) is 2.74. The normalized spacial score (nSPS) is 11.0. The van der Waals surface area contributed by atoms with Crippen LogP contribution in [0, 0.1) is 6.92 Å². The van der Waals surface area contributed by atoms with Crippen molar-refractivity contribution in [3.63, 3.8) is 0 Å². The SMILES string of the molecule is Cc1ccc(C(=O)Nc2cccc(OC(C)C)c2)cc1-c1ccc2ncnc(N)c2c1. The van der Waals surface area contributed by atoms with Crippen LogP contribution in [0.2, 0.25) is 0 Å². The highest BCUT2D eigenvalue weighted by Crippen LogP contribution is 2.29. The molecule has 0 aliphatic heterocycles. The van der Waals surface area contributed by atoms with Gasteiger partial charge in [0.25, 0.3) is 5.91 Å². The van der Waals surface area contributed by atoms with Crippen molar-refractivity contribution in [2.24, 2.45) is 0 Å². The molecule has 6 heteroatoms. The number of rotatable bonds is 5. The molecule has 1 aromatic heterocycles. The molecular weight excluding hydrogens is 388 g/mol. The van der Waals surface area contributed by atoms with E-state index in [0.717, 1.165) is 27.6 Å². The van der Waals surface area contributed by atoms with Crippen LogP contribution in [0.1, 0.15) is 29.8 Å². The van der Waals surface area contributed by atoms with E-state index >= 15 is 0 Å². The van der Waals surface area contributed by atoms with Gasteiger partial charge < -0.3 is 15.8 Å². The number of carbonyl (C=O) groups excluding carboxylic acids is 1. The van der Waals surface area contributed by atoms with Gasteiger partial charge in [-0.25, -0.2) is 9.97 Å². The number of aryl methyl sites for hydroxylation is 1. The van der Waals surface area contributed by atoms with Crippen LogP contribution in [0.5, 0.6) is 5.75 Å². The van der Waals surface area contributed by atoms with Gasteiger partial charge in [0.2, 0.25) is 0 Å². The summed E-state index contributed by atoms with van der Waals surface area (Å²) in [6, 6.07) is 18.9. The Bertz CT molecular complexity index is 1270. The number of benzene rings is 3. The summed E-state index contributed by atoms with van der Waals surface area (Å²) in [5.41, 5.74) is 11.0. The third kappa shape index (κ3) is 4.48. The Labute approximate surface area is 181 Å². The van der Waals surface area contributed by atoms with Crippen molar-refractivity contribution >= 4 is 28.3 Å². The minimum absolute atomic E-state index is 0.0620. The standard InChI is InChI=1S/C25H24N4O2/c1-15(2)31-20-6-4-5-19(13-20)29-25(30)18-8-7-16(3)21(12-18)17-9-10-23-22(11-17)24(26)28-14-27-23/h4-15H,1-3H3,(H,29,30)(H2,26,27,28). The predicted octanol–water partition coefficient (Wildman–Crippen LogP) is 5.23. The van der Waals surface area contributed by atoms with Crippen molar-refractivity contribution in [2.75, 3.05) is 11.1 Å². The highest BCUT2D eigenvalue weighted by atomic mass is 16.5. The third-order valence-corrected chi connectivity index (χ3v) is 4.94. The number of amides is 1. The second-order valence-electron chi connectivity index (χ2n) is 7.67. The van der Waals surface area contributed by atoms with Crippen molar-refractivity contribution in [3.05, 3.63) is 78.1 Å². The first kappa shape index (κ1) is 20.3. The van der Waals surface area contributed by atoms with Gasteiger partial charge >= 0.3 is 0 Å². The summed E-state index contributed by atoms with van der Waals surface area (Å²) in [6.07, 6.45) is 1.52. The topological polar surface area (TPSA) is 90.1 Å². The second-order valence-corrected chi connectivity index (χ2v) is 7.67. The molecule has 1 heterocycles. The molecule has 0 saturated carbocycles. The smallest absolute Gasteiger partial charge is 0.255 e. The first-order valence-corrected chi connectivity index (χ1v) is 10.1. The molecular formula is C25H24N4O2. The van der Waals surface area contributed by atoms with Gasteiger partial charge in [-0.15, -0.1) is 0 Å². The van der Waals surface area contributed by atoms with Gasteiger partial charge in [0.1, 0.15) is 17.9 Å². The van der Waals surface area contributed by atoms with Crippen LogP contribution >= 0.6 is 0 Å². The number of carbonyl (C=O) groups is 1. The molecule has 0 aliphatic carbocycles. The van der Waals surface area contributed by atoms with E-state index in [1.807, 2.05) is 81.4 Å². The van der Waals surface area contributed by atoms with E-state index in [0.29, 0.717) is 22.8 Å². The van der Waals surface area contributed by atoms with Gasteiger partial charge in [-0.1, -0.05) is 18.2 Å². The summed E-state index contributed by atoms with van der Waals surface area (Å²) in [5.74, 6) is 0.960. The number of nitrogen functional groups attached to an aromatic ring is 1. The molecule has 0 spiro atoms. The molecule has 31 heavy (non-hydrogen) atoms. The fraction of sp³-hybridized carbons (Fsp3) is 0.160. The summed E-state index contributed by atoms with van der Waals surface area (Å²) in [4.78, 5) is 21.2. The molecule has 0 bridgehead atoms. The van der Waals surface area contributed by atoms with Crippen molar-refractivity contribution < 1.29 is 9.53 Å². The largest absolute Gasteiger partial charge is 0.491 e. The molecule has 1 amide bonds. The highest BCUT2D eigenvalue weighted by Gasteiger charge is 2.12. The van der Waals surface area contributed by atoms with Crippen molar-refractivity contribution in [1.29, 1.82) is 0 Å². The minimum Gasteiger partial charge on any atom is -0.491 e. The molecule has 6 nitrogen and oxygen atoms in total. The Balaban J connectivity index is 1.64. The molecule has 4 rings (SSSR count). The summed E-state index contributed by atoms with van der Waals surface area (Å²) >= 11 is 0. The highest BCUT2D eigenvalue weighted by molar-refractivity contribution is 6.05. The van der Waals surface area contributed by atoms with Gasteiger partial charge in [0.05, 0.1) is 11.6 Å². The summed E-state index contributed by atoms with van der Waals surface area (Å²) in [7, 11) is 0. The number of hydrogen-bond donors (Lipinski definition) is 2. The molecule has 0 radical (unpaired) electrons. The van der Waals surface area contributed by atoms with E-state index in [1.54, 1.807) is 0 Å². The molecule has 4 aromatic rings. The maximum atomic E-state index is 12.9. The molecule has 156 valence electrons. The molecule has 0 saturated heterocycles. The Kier molecular flexibility index (Phi) is 5.54. The number of fused-ring (bicyclic) bond motifs is 1. The van der Waals surface area contributed by atoms with Crippen LogP contribution in [0.25, 0.3) is 22.0 Å². The Morgan fingerprint density at radius 2 is 1.87 bits per heavy atom. The monoisotopic (exact) mass is 412 g/mol. The lowest BCUT2D eigenvalue weighted by molar-refractivity contribution is 0.102. The molecule has 0 atom stereocenters. The van der Waals surface area contributed by atoms with E-state index in [4.69, 9.17) is 10.5 Å². The molecule has 0 aliphatic rings. The second kappa shape index (κ2) is 8.44. The van der Waals surface area contributed by atoms with Crippen molar-refractivity contribution in [3.8, 4) is 16.9 Å². The van der Waals surface area contributed by atoms with Crippen LogP contribution in [-0.2, 0) is 0 Å². The van der Waals surface area contributed by atoms with Crippen LogP contribution < -0.4 is 15.8 Å². The summed E-state index contributed by atoms with van der Waals surface area (Å²) < 4.78 is 5.71. The van der Waals surface area contributed by atoms with Crippen LogP contribution in [-0.4, -0.2) is 22.0 Å². The lowest BCUT2D eigenvalue weighted by atomic mass is 9.96. The first-order chi connectivity index (χ1) is 14.9. The fourth-order valence-electron chi connectivity index (χ4n) is 3.44. The number of nitrogens with zero attached hydrogens (tertiary/aromatic N) is 2. The van der Waals surface area contributed by atoms with E-state index in [9.17, 15) is 4.79 Å². The van der Waals surface area contributed by atoms with Crippen molar-refractivity contribution in [1.82, 2.24) is 9.97 Å². The van der Waals surface area contributed by atoms with Crippen LogP contribution in [0.3, 0.4) is 0 Å². The van der Waals surface area contributed by atoms with Gasteiger partial charge in [-0.2, -0.15) is 0 Å². The van der Waals surface area contributed by atoms with Gasteiger partial charge in [-0.3, -0.25) is 4.79 Å². The fourth-order valence-corrected chi connectivity index (χ4v) is 3.44. The van der Waals surface area contributed by atoms with E-state index in [-0.39, 0.29) is 12.0 Å². The maximum Gasteiger partial charge on any atom is 0.255 e. The van der Waals surface area contributed by atoms with Crippen LogP contribution in [0.4, 0.5) is 11.5 Å². The van der Waals surface area contributed by atoms with Crippen molar-refractivity contribution in [2.45, 2.75) is 26.9 Å². The summed E-state index contributed by atoms with van der Waals surface area (Å²) in [6.45, 7) is 5.94. The lowest BCUT2D eigenvalue weighted by Crippen LogP contribution is -2.12. The Morgan fingerprint density at radius 1 is 1.03 bits per heavy atom. The van der Waals surface area contributed by atoms with E-state index in [2.05, 4.69) is 15.3 Å². The Morgan fingerprint density at radius 3 is 2.68 bits per heavy atom. The lowest BCUT2D eigenvalue weighted by Gasteiger charge is -2.13. The summed E-state index contributed by atoms with van der Waals surface area (Å²) in [5, 5.41) is 3.74. The van der Waals surface area contributed by atoms with Gasteiger partial charge in [-0.05, 0) is 73.9 Å². The zero-order valence-electron chi connectivity index (χ0n) is 17.7. The van der Waals surface area contributed by atoms with Crippen LogP contribution in [0.15, 0.2) is 67.0 Å². The number of hydrogen-bond acceptors (Lipinski definition) is 5. The molecule has 3 aromatic carbocycles. The quantitative estimate of drug-likeness (QED) is 0.469. The number of nitrogens with one attached hydrogen (secondary N) is 1. The predicted molar refractivity (Wildman–Crippen MR) is 124 cm³/mol. The van der Waals surface area contributed by atoms with Gasteiger partial charge in [0.15, 0.2) is 0 Å². The maximum absolute atomic E-state index is 12.9. The van der Waals surface area contributed by atoms with Gasteiger partial charge in [0, 0.05) is 22.7 Å². The number of nitrogens with two attached hydrogens (primary N) is 1. The number of aromatic nitrogens is 2. The first-order valence-electron chi connectivity index (χ1n) is 10.1. The zero-order valence-corrected chi connectivity index (χ0v) is 17.7. The minimum atomic E-state index is -0.188. The molecule has 0 unspecified atom stereocenters. The molecule has 3 N–H and O–H groups in total. The number of anilines is 2. The van der Waals surface area contributed by atoms with E-state index < -0.39 is 0 Å². The zero-order chi connectivity index (χ0) is 22.0. The van der Waals surface area contributed by atoms with E-state index in [1.165, 1.54) is 6.33 Å². The third-order valence-electron chi connectivity index (χ3n) is 4.94. The number of ether oxygens (including phenoxy) is 1. The Hall–Kier alpha value is -3.93.